The van der Waals surface area contributed by atoms with E-state index in [0.717, 1.165) is 24.1 Å². The highest BCUT2D eigenvalue weighted by atomic mass is 16.1. The molecule has 1 N–H and O–H groups in total. The number of rotatable bonds is 6. The molecule has 0 aliphatic carbocycles. The van der Waals surface area contributed by atoms with Crippen molar-refractivity contribution in [3.8, 4) is 0 Å². The first kappa shape index (κ1) is 13.5. The van der Waals surface area contributed by atoms with Crippen LogP contribution in [0, 0.1) is 0 Å². The van der Waals surface area contributed by atoms with Gasteiger partial charge in [0.15, 0.2) is 5.78 Å². The van der Waals surface area contributed by atoms with E-state index in [0.29, 0.717) is 0 Å². The monoisotopic (exact) mass is 253 g/mol. The third kappa shape index (κ3) is 3.52. The Labute approximate surface area is 114 Å². The zero-order valence-corrected chi connectivity index (χ0v) is 11.2. The number of benzene rings is 2. The van der Waals surface area contributed by atoms with Crippen molar-refractivity contribution in [2.45, 2.75) is 19.4 Å². The van der Waals surface area contributed by atoms with Crippen LogP contribution >= 0.6 is 0 Å². The standard InChI is InChI=1S/C17H19NO/c1-2-13-18-16(14-9-5-3-6-10-14)17(19)15-11-7-4-8-12-15/h3-12,16,18H,2,13H2,1H3. The molecule has 0 aromatic heterocycles. The van der Waals surface area contributed by atoms with E-state index in [1.165, 1.54) is 0 Å². The highest BCUT2D eigenvalue weighted by Crippen LogP contribution is 2.18. The van der Waals surface area contributed by atoms with E-state index in [1.807, 2.05) is 60.7 Å². The predicted molar refractivity (Wildman–Crippen MR) is 78.2 cm³/mol. The minimum Gasteiger partial charge on any atom is -0.304 e. The van der Waals surface area contributed by atoms with Crippen LogP contribution < -0.4 is 5.32 Å². The van der Waals surface area contributed by atoms with E-state index in [9.17, 15) is 4.79 Å². The van der Waals surface area contributed by atoms with Gasteiger partial charge in [0.2, 0.25) is 0 Å². The van der Waals surface area contributed by atoms with Gasteiger partial charge in [0.25, 0.3) is 0 Å². The van der Waals surface area contributed by atoms with Gasteiger partial charge in [-0.3, -0.25) is 4.79 Å². The molecule has 0 heterocycles. The SMILES string of the molecule is CCCNC(C(=O)c1ccccc1)c1ccccc1. The van der Waals surface area contributed by atoms with Crippen LogP contribution in [0.2, 0.25) is 0 Å². The Morgan fingerprint density at radius 1 is 1.00 bits per heavy atom. The van der Waals surface area contributed by atoms with Crippen LogP contribution in [0.1, 0.15) is 35.3 Å². The van der Waals surface area contributed by atoms with Gasteiger partial charge >= 0.3 is 0 Å². The molecule has 1 unspecified atom stereocenters. The van der Waals surface area contributed by atoms with E-state index in [1.54, 1.807) is 0 Å². The van der Waals surface area contributed by atoms with Crippen molar-refractivity contribution in [2.75, 3.05) is 6.54 Å². The van der Waals surface area contributed by atoms with E-state index in [4.69, 9.17) is 0 Å². The van der Waals surface area contributed by atoms with Crippen LogP contribution in [0.4, 0.5) is 0 Å². The molecule has 0 bridgehead atoms. The summed E-state index contributed by atoms with van der Waals surface area (Å²) in [6.45, 7) is 2.93. The van der Waals surface area contributed by atoms with Crippen molar-refractivity contribution in [2.24, 2.45) is 0 Å². The third-order valence-corrected chi connectivity index (χ3v) is 3.05. The number of hydrogen-bond donors (Lipinski definition) is 1. The lowest BCUT2D eigenvalue weighted by atomic mass is 9.97. The summed E-state index contributed by atoms with van der Waals surface area (Å²) in [5.74, 6) is 0.125. The van der Waals surface area contributed by atoms with Crippen LogP contribution in [-0.2, 0) is 0 Å². The summed E-state index contributed by atoms with van der Waals surface area (Å²) in [6, 6.07) is 19.1. The molecular formula is C17H19NO. The lowest BCUT2D eigenvalue weighted by Crippen LogP contribution is -2.29. The maximum atomic E-state index is 12.6. The molecule has 0 spiro atoms. The molecule has 2 heteroatoms. The molecule has 2 nitrogen and oxygen atoms in total. The molecule has 0 amide bonds. The maximum absolute atomic E-state index is 12.6. The van der Waals surface area contributed by atoms with Gasteiger partial charge in [0, 0.05) is 5.56 Å². The molecule has 0 fully saturated rings. The van der Waals surface area contributed by atoms with Crippen LogP contribution in [0.3, 0.4) is 0 Å². The fourth-order valence-electron chi connectivity index (χ4n) is 2.07. The third-order valence-electron chi connectivity index (χ3n) is 3.05. The summed E-state index contributed by atoms with van der Waals surface area (Å²) in [5.41, 5.74) is 1.77. The van der Waals surface area contributed by atoms with E-state index in [2.05, 4.69) is 12.2 Å². The fourth-order valence-corrected chi connectivity index (χ4v) is 2.07. The summed E-state index contributed by atoms with van der Waals surface area (Å²) in [4.78, 5) is 12.6. The van der Waals surface area contributed by atoms with Crippen LogP contribution in [0.25, 0.3) is 0 Å². The molecule has 19 heavy (non-hydrogen) atoms. The van der Waals surface area contributed by atoms with E-state index in [-0.39, 0.29) is 11.8 Å². The van der Waals surface area contributed by atoms with E-state index >= 15 is 0 Å². The largest absolute Gasteiger partial charge is 0.304 e. The highest BCUT2D eigenvalue weighted by molar-refractivity contribution is 6.00. The van der Waals surface area contributed by atoms with Crippen molar-refractivity contribution in [1.82, 2.24) is 5.32 Å². The van der Waals surface area contributed by atoms with Gasteiger partial charge in [0.05, 0.1) is 6.04 Å². The van der Waals surface area contributed by atoms with Gasteiger partial charge in [0.1, 0.15) is 0 Å². The summed E-state index contributed by atoms with van der Waals surface area (Å²) < 4.78 is 0. The molecule has 2 rings (SSSR count). The lowest BCUT2D eigenvalue weighted by molar-refractivity contribution is 0.0943. The van der Waals surface area contributed by atoms with Crippen LogP contribution in [0.15, 0.2) is 60.7 Å². The van der Waals surface area contributed by atoms with Crippen LogP contribution in [-0.4, -0.2) is 12.3 Å². The normalized spacial score (nSPS) is 12.1. The first-order valence-corrected chi connectivity index (χ1v) is 6.70. The molecule has 98 valence electrons. The number of ketones is 1. The molecule has 0 aliphatic rings. The topological polar surface area (TPSA) is 29.1 Å². The molecule has 0 saturated heterocycles. The smallest absolute Gasteiger partial charge is 0.184 e. The summed E-state index contributed by atoms with van der Waals surface area (Å²) in [5, 5.41) is 3.33. The Morgan fingerprint density at radius 2 is 1.58 bits per heavy atom. The Morgan fingerprint density at radius 3 is 2.16 bits per heavy atom. The Hall–Kier alpha value is -1.93. The molecular weight excluding hydrogens is 234 g/mol. The summed E-state index contributed by atoms with van der Waals surface area (Å²) in [7, 11) is 0. The number of hydrogen-bond acceptors (Lipinski definition) is 2. The number of nitrogens with one attached hydrogen (secondary N) is 1. The number of carbonyl (C=O) groups excluding carboxylic acids is 1. The molecule has 0 radical (unpaired) electrons. The average molecular weight is 253 g/mol. The lowest BCUT2D eigenvalue weighted by Gasteiger charge is -2.17. The first-order chi connectivity index (χ1) is 9.33. The van der Waals surface area contributed by atoms with Gasteiger partial charge in [-0.1, -0.05) is 67.6 Å². The molecule has 2 aromatic rings. The number of Topliss-reactive ketones (excluding diaryl/α,β-unsaturated/α-hetero) is 1. The quantitative estimate of drug-likeness (QED) is 0.797. The second-order valence-electron chi connectivity index (χ2n) is 4.53. The number of carbonyl (C=O) groups is 1. The van der Waals surface area contributed by atoms with Gasteiger partial charge in [-0.15, -0.1) is 0 Å². The molecule has 2 aromatic carbocycles. The highest BCUT2D eigenvalue weighted by Gasteiger charge is 2.20. The van der Waals surface area contributed by atoms with Gasteiger partial charge in [-0.2, -0.15) is 0 Å². The first-order valence-electron chi connectivity index (χ1n) is 6.70. The second kappa shape index (κ2) is 6.86. The van der Waals surface area contributed by atoms with Crippen molar-refractivity contribution in [3.05, 3.63) is 71.8 Å². The Bertz CT molecular complexity index is 507. The predicted octanol–water partition coefficient (Wildman–Crippen LogP) is 3.61. The average Bonchev–Trinajstić information content (AvgIpc) is 2.49. The zero-order chi connectivity index (χ0) is 13.5. The van der Waals surface area contributed by atoms with Crippen molar-refractivity contribution < 1.29 is 4.79 Å². The van der Waals surface area contributed by atoms with Crippen molar-refractivity contribution in [3.63, 3.8) is 0 Å². The maximum Gasteiger partial charge on any atom is 0.184 e. The second-order valence-corrected chi connectivity index (χ2v) is 4.53. The van der Waals surface area contributed by atoms with Gasteiger partial charge in [-0.05, 0) is 18.5 Å². The summed E-state index contributed by atoms with van der Waals surface area (Å²) in [6.07, 6.45) is 1.01. The fraction of sp³-hybridized carbons (Fsp3) is 0.235. The van der Waals surface area contributed by atoms with Gasteiger partial charge in [-0.25, -0.2) is 0 Å². The summed E-state index contributed by atoms with van der Waals surface area (Å²) >= 11 is 0. The zero-order valence-electron chi connectivity index (χ0n) is 11.2. The van der Waals surface area contributed by atoms with Crippen molar-refractivity contribution >= 4 is 5.78 Å². The van der Waals surface area contributed by atoms with E-state index < -0.39 is 0 Å². The van der Waals surface area contributed by atoms with Crippen molar-refractivity contribution in [1.29, 1.82) is 0 Å². The Balaban J connectivity index is 2.25. The molecule has 0 saturated carbocycles. The molecule has 1 atom stereocenters. The van der Waals surface area contributed by atoms with Gasteiger partial charge < -0.3 is 5.32 Å². The minimum absolute atomic E-state index is 0.125. The Kier molecular flexibility index (Phi) is 4.87. The minimum atomic E-state index is -0.261. The van der Waals surface area contributed by atoms with Crippen LogP contribution in [0.5, 0.6) is 0 Å². The molecule has 0 aliphatic heterocycles.